The minimum Gasteiger partial charge on any atom is -0.480 e. The first-order chi connectivity index (χ1) is 13.9. The zero-order valence-corrected chi connectivity index (χ0v) is 16.8. The highest BCUT2D eigenvalue weighted by Crippen LogP contribution is 2.19. The van der Waals surface area contributed by atoms with Crippen molar-refractivity contribution in [1.29, 1.82) is 0 Å². The Morgan fingerprint density at radius 3 is 2.31 bits per heavy atom. The maximum Gasteiger partial charge on any atom is 0.322 e. The highest BCUT2D eigenvalue weighted by molar-refractivity contribution is 7.89. The number of nitrogens with one attached hydrogen (secondary N) is 1. The van der Waals surface area contributed by atoms with E-state index in [-0.39, 0.29) is 11.3 Å². The minimum atomic E-state index is -3.99. The summed E-state index contributed by atoms with van der Waals surface area (Å²) in [6.07, 6.45) is 3.44. The molecule has 1 saturated heterocycles. The van der Waals surface area contributed by atoms with Gasteiger partial charge in [0.1, 0.15) is 6.04 Å². The number of benzene rings is 2. The lowest BCUT2D eigenvalue weighted by Gasteiger charge is -2.21. The molecule has 9 heteroatoms. The number of piperidine rings is 1. The second-order valence-corrected chi connectivity index (χ2v) is 8.61. The van der Waals surface area contributed by atoms with E-state index in [2.05, 4.69) is 15.1 Å². The van der Waals surface area contributed by atoms with Gasteiger partial charge >= 0.3 is 5.97 Å². The first-order valence-electron chi connectivity index (χ1n) is 9.50. The summed E-state index contributed by atoms with van der Waals surface area (Å²) in [5, 5.41) is 19.6. The first-order valence-corrected chi connectivity index (χ1v) is 11.0. The minimum absolute atomic E-state index is 0.0197. The van der Waals surface area contributed by atoms with Crippen LogP contribution in [0.4, 0.5) is 5.69 Å². The number of hydrogen-bond donors (Lipinski definition) is 2. The van der Waals surface area contributed by atoms with Crippen LogP contribution in [-0.4, -0.2) is 43.6 Å². The van der Waals surface area contributed by atoms with Crippen molar-refractivity contribution < 1.29 is 18.3 Å². The van der Waals surface area contributed by atoms with Gasteiger partial charge in [-0.15, -0.1) is 5.11 Å². The molecule has 0 aliphatic carbocycles. The Morgan fingerprint density at radius 2 is 1.69 bits per heavy atom. The predicted molar refractivity (Wildman–Crippen MR) is 108 cm³/mol. The van der Waals surface area contributed by atoms with E-state index >= 15 is 0 Å². The Morgan fingerprint density at radius 1 is 1.03 bits per heavy atom. The van der Waals surface area contributed by atoms with Gasteiger partial charge in [-0.3, -0.25) is 9.80 Å². The maximum atomic E-state index is 12.6. The molecule has 1 fully saturated rings. The zero-order chi connectivity index (χ0) is 20.7. The monoisotopic (exact) mass is 416 g/mol. The van der Waals surface area contributed by atoms with Crippen LogP contribution >= 0.6 is 0 Å². The molecule has 1 aliphatic heterocycles. The molecule has 1 atom stereocenters. The molecule has 0 spiro atoms. The molecule has 0 radical (unpaired) electrons. The van der Waals surface area contributed by atoms with Crippen LogP contribution in [0.25, 0.3) is 0 Å². The Kier molecular flexibility index (Phi) is 6.95. The summed E-state index contributed by atoms with van der Waals surface area (Å²) in [6, 6.07) is 13.5. The van der Waals surface area contributed by atoms with Crippen LogP contribution in [0.5, 0.6) is 0 Å². The third kappa shape index (κ3) is 6.10. The van der Waals surface area contributed by atoms with Crippen molar-refractivity contribution in [2.24, 2.45) is 10.3 Å². The number of carbonyl (C=O) groups is 1. The molecular weight excluding hydrogens is 392 g/mol. The summed E-state index contributed by atoms with van der Waals surface area (Å²) in [5.41, 5.74) is 1.27. The third-order valence-corrected chi connectivity index (χ3v) is 6.13. The number of hydrogen-bond acceptors (Lipinski definition) is 5. The standard InChI is InChI=1S/C20H24N4O4S/c25-20(26)19(15-16-7-3-1-4-8-16)22-29(27,28)18-11-9-17(10-12-18)21-23-24-13-5-2-6-14-24/h1,3-4,7-12,19,22H,2,5-6,13-15H2,(H,25,26)/t19-/m0/s1. The number of rotatable bonds is 8. The fourth-order valence-electron chi connectivity index (χ4n) is 3.06. The molecule has 0 amide bonds. The molecule has 0 aromatic heterocycles. The highest BCUT2D eigenvalue weighted by atomic mass is 32.2. The first kappa shape index (κ1) is 20.9. The molecule has 0 bridgehead atoms. The SMILES string of the molecule is O=C(O)[C@H](Cc1ccccc1)NS(=O)(=O)c1ccc(N=NN2CCCCC2)cc1. The maximum absolute atomic E-state index is 12.6. The van der Waals surface area contributed by atoms with Crippen LogP contribution in [0.3, 0.4) is 0 Å². The summed E-state index contributed by atoms with van der Waals surface area (Å²) in [7, 11) is -3.99. The van der Waals surface area contributed by atoms with Crippen molar-refractivity contribution in [3.63, 3.8) is 0 Å². The van der Waals surface area contributed by atoms with Crippen molar-refractivity contribution in [1.82, 2.24) is 9.73 Å². The third-order valence-electron chi connectivity index (χ3n) is 4.64. The molecule has 8 nitrogen and oxygen atoms in total. The number of aliphatic carboxylic acids is 1. The van der Waals surface area contributed by atoms with E-state index in [1.54, 1.807) is 36.4 Å². The van der Waals surface area contributed by atoms with Crippen LogP contribution in [0, 0.1) is 0 Å². The zero-order valence-electron chi connectivity index (χ0n) is 15.9. The van der Waals surface area contributed by atoms with E-state index in [0.717, 1.165) is 31.5 Å². The Labute approximate surface area is 170 Å². The Hall–Kier alpha value is -2.78. The van der Waals surface area contributed by atoms with Gasteiger partial charge < -0.3 is 5.11 Å². The quantitative estimate of drug-likeness (QED) is 0.642. The lowest BCUT2D eigenvalue weighted by molar-refractivity contribution is -0.138. The molecule has 3 rings (SSSR count). The topological polar surface area (TPSA) is 111 Å². The average Bonchev–Trinajstić information content (AvgIpc) is 2.73. The second kappa shape index (κ2) is 9.62. The lowest BCUT2D eigenvalue weighted by atomic mass is 10.1. The molecule has 1 heterocycles. The number of carboxylic acids is 1. The lowest BCUT2D eigenvalue weighted by Crippen LogP contribution is -2.42. The Balaban J connectivity index is 1.67. The van der Waals surface area contributed by atoms with Crippen molar-refractivity contribution in [3.8, 4) is 0 Å². The van der Waals surface area contributed by atoms with E-state index < -0.39 is 22.0 Å². The van der Waals surface area contributed by atoms with Gasteiger partial charge in [-0.2, -0.15) is 4.72 Å². The highest BCUT2D eigenvalue weighted by Gasteiger charge is 2.25. The molecule has 154 valence electrons. The van der Waals surface area contributed by atoms with E-state index in [9.17, 15) is 18.3 Å². The number of sulfonamides is 1. The fraction of sp³-hybridized carbons (Fsp3) is 0.350. The summed E-state index contributed by atoms with van der Waals surface area (Å²) < 4.78 is 27.5. The van der Waals surface area contributed by atoms with Crippen LogP contribution in [0.15, 0.2) is 69.8 Å². The largest absolute Gasteiger partial charge is 0.480 e. The Bertz CT molecular complexity index is 940. The number of carboxylic acid groups (broad SMARTS) is 1. The van der Waals surface area contributed by atoms with Crippen LogP contribution in [0.2, 0.25) is 0 Å². The molecule has 2 aromatic carbocycles. The van der Waals surface area contributed by atoms with Gasteiger partial charge in [0, 0.05) is 13.1 Å². The summed E-state index contributed by atoms with van der Waals surface area (Å²) >= 11 is 0. The average molecular weight is 417 g/mol. The molecule has 2 aromatic rings. The van der Waals surface area contributed by atoms with Gasteiger partial charge in [0.05, 0.1) is 10.6 Å². The summed E-state index contributed by atoms with van der Waals surface area (Å²) in [5.74, 6) is -1.23. The van der Waals surface area contributed by atoms with Gasteiger partial charge in [-0.1, -0.05) is 35.6 Å². The van der Waals surface area contributed by atoms with Crippen molar-refractivity contribution >= 4 is 21.7 Å². The van der Waals surface area contributed by atoms with Crippen LogP contribution < -0.4 is 4.72 Å². The van der Waals surface area contributed by atoms with Crippen molar-refractivity contribution in [2.75, 3.05) is 13.1 Å². The second-order valence-electron chi connectivity index (χ2n) is 6.90. The predicted octanol–water partition coefficient (Wildman–Crippen LogP) is 3.15. The normalized spacial score (nSPS) is 16.1. The van der Waals surface area contributed by atoms with E-state index in [0.29, 0.717) is 5.69 Å². The molecule has 2 N–H and O–H groups in total. The summed E-state index contributed by atoms with van der Waals surface area (Å²) in [6.45, 7) is 1.75. The van der Waals surface area contributed by atoms with Crippen molar-refractivity contribution in [3.05, 3.63) is 60.2 Å². The van der Waals surface area contributed by atoms with Gasteiger partial charge in [-0.25, -0.2) is 8.42 Å². The van der Waals surface area contributed by atoms with E-state index in [4.69, 9.17) is 0 Å². The van der Waals surface area contributed by atoms with Crippen LogP contribution in [-0.2, 0) is 21.2 Å². The fourth-order valence-corrected chi connectivity index (χ4v) is 4.25. The van der Waals surface area contributed by atoms with Crippen LogP contribution in [0.1, 0.15) is 24.8 Å². The molecule has 0 unspecified atom stereocenters. The van der Waals surface area contributed by atoms with Gasteiger partial charge in [0.2, 0.25) is 10.0 Å². The summed E-state index contributed by atoms with van der Waals surface area (Å²) in [4.78, 5) is 11.5. The molecule has 1 aliphatic rings. The van der Waals surface area contributed by atoms with Gasteiger partial charge in [0.25, 0.3) is 0 Å². The van der Waals surface area contributed by atoms with Gasteiger partial charge in [0.15, 0.2) is 0 Å². The number of nitrogens with zero attached hydrogens (tertiary/aromatic N) is 3. The smallest absolute Gasteiger partial charge is 0.322 e. The van der Waals surface area contributed by atoms with Crippen molar-refractivity contribution in [2.45, 2.75) is 36.6 Å². The molecular formula is C20H24N4O4S. The van der Waals surface area contributed by atoms with E-state index in [1.165, 1.54) is 18.6 Å². The van der Waals surface area contributed by atoms with Gasteiger partial charge in [-0.05, 0) is 55.5 Å². The molecule has 0 saturated carbocycles. The molecule has 29 heavy (non-hydrogen) atoms. The van der Waals surface area contributed by atoms with E-state index in [1.807, 2.05) is 11.1 Å².